The van der Waals surface area contributed by atoms with Crippen LogP contribution in [0.1, 0.15) is 53.0 Å². The van der Waals surface area contributed by atoms with Gasteiger partial charge in [-0.15, -0.1) is 0 Å². The molecule has 0 radical (unpaired) electrons. The van der Waals surface area contributed by atoms with Crippen molar-refractivity contribution in [1.82, 2.24) is 14.4 Å². The molecule has 4 rings (SSSR count). The van der Waals surface area contributed by atoms with E-state index in [4.69, 9.17) is 16.6 Å². The Morgan fingerprint density at radius 2 is 1.91 bits per heavy atom. The van der Waals surface area contributed by atoms with Crippen molar-refractivity contribution in [2.45, 2.75) is 45.6 Å². The van der Waals surface area contributed by atoms with Crippen LogP contribution in [0.3, 0.4) is 0 Å². The number of aromatic nitrogens is 3. The third-order valence-corrected chi connectivity index (χ3v) is 6.20. The predicted molar refractivity (Wildman–Crippen MR) is 126 cm³/mol. The number of aromatic carboxylic acids is 1. The number of carbonyl (C=O) groups is 1. The molecule has 1 saturated heterocycles. The Kier molecular flexibility index (Phi) is 6.20. The third kappa shape index (κ3) is 4.54. The number of aryl methyl sites for hydroxylation is 1. The number of carboxylic acid groups (broad SMARTS) is 1. The van der Waals surface area contributed by atoms with Gasteiger partial charge in [-0.3, -0.25) is 9.20 Å². The van der Waals surface area contributed by atoms with Gasteiger partial charge in [-0.1, -0.05) is 11.6 Å². The van der Waals surface area contributed by atoms with Crippen LogP contribution in [0.15, 0.2) is 29.2 Å². The van der Waals surface area contributed by atoms with Gasteiger partial charge in [-0.2, -0.15) is 0 Å². The first-order valence-corrected chi connectivity index (χ1v) is 11.2. The Morgan fingerprint density at radius 1 is 1.24 bits per heavy atom. The summed E-state index contributed by atoms with van der Waals surface area (Å²) in [6, 6.07) is 4.39. The Morgan fingerprint density at radius 3 is 2.56 bits per heavy atom. The molecule has 1 fully saturated rings. The number of nitrogens with one attached hydrogen (secondary N) is 1. The number of carboxylic acids is 1. The first-order chi connectivity index (χ1) is 16.0. The lowest BCUT2D eigenvalue weighted by Crippen LogP contribution is -2.41. The van der Waals surface area contributed by atoms with Crippen molar-refractivity contribution in [2.75, 3.05) is 23.3 Å². The number of piperidine rings is 1. The van der Waals surface area contributed by atoms with Crippen LogP contribution in [0.2, 0.25) is 5.15 Å². The topological polar surface area (TPSA) is 99.8 Å². The maximum atomic E-state index is 13.7. The van der Waals surface area contributed by atoms with E-state index >= 15 is 0 Å². The van der Waals surface area contributed by atoms with Crippen molar-refractivity contribution in [1.29, 1.82) is 0 Å². The standard InChI is InChI=1S/C23H24ClF2N5O3/c1-12-10-15(14(3)27-16-4-5-17(24)28-18(16)22(33)34)20-29-19(13(2)21(32)31(20)11-12)30-8-6-23(25,26)7-9-30/h4-5,10-11,14,27H,6-9H2,1-3H3,(H,33,34)/t14-/m1/s1. The monoisotopic (exact) mass is 491 g/mol. The van der Waals surface area contributed by atoms with Crippen LogP contribution >= 0.6 is 11.6 Å². The Labute approximate surface area is 199 Å². The van der Waals surface area contributed by atoms with Crippen LogP contribution in [-0.4, -0.2) is 44.5 Å². The lowest BCUT2D eigenvalue weighted by atomic mass is 10.1. The Hall–Kier alpha value is -3.27. The molecule has 0 aromatic carbocycles. The molecule has 8 nitrogen and oxygen atoms in total. The molecule has 0 bridgehead atoms. The van der Waals surface area contributed by atoms with Crippen LogP contribution in [0.4, 0.5) is 20.3 Å². The number of hydrogen-bond acceptors (Lipinski definition) is 6. The SMILES string of the molecule is Cc1cc([C@@H](C)Nc2ccc(Cl)nc2C(=O)O)c2nc(N3CCC(F)(F)CC3)c(C)c(=O)n2c1. The maximum Gasteiger partial charge on any atom is 0.356 e. The minimum Gasteiger partial charge on any atom is -0.476 e. The number of nitrogens with zero attached hydrogens (tertiary/aromatic N) is 4. The molecule has 1 atom stereocenters. The molecule has 0 spiro atoms. The molecule has 3 aromatic heterocycles. The zero-order chi connectivity index (χ0) is 24.8. The molecule has 3 aromatic rings. The van der Waals surface area contributed by atoms with Gasteiger partial charge in [-0.05, 0) is 44.5 Å². The van der Waals surface area contributed by atoms with E-state index in [1.54, 1.807) is 18.0 Å². The molecule has 2 N–H and O–H groups in total. The smallest absolute Gasteiger partial charge is 0.356 e. The zero-order valence-electron chi connectivity index (χ0n) is 18.9. The van der Waals surface area contributed by atoms with Gasteiger partial charge in [0.1, 0.15) is 16.6 Å². The van der Waals surface area contributed by atoms with Crippen LogP contribution < -0.4 is 15.8 Å². The quantitative estimate of drug-likeness (QED) is 0.508. The molecular weight excluding hydrogens is 468 g/mol. The van der Waals surface area contributed by atoms with Gasteiger partial charge in [0, 0.05) is 37.7 Å². The molecule has 0 amide bonds. The Balaban J connectivity index is 1.79. The first-order valence-electron chi connectivity index (χ1n) is 10.8. The highest BCUT2D eigenvalue weighted by Crippen LogP contribution is 2.32. The number of anilines is 2. The second-order valence-corrected chi connectivity index (χ2v) is 8.96. The highest BCUT2D eigenvalue weighted by Gasteiger charge is 2.35. The molecular formula is C23H24ClF2N5O3. The third-order valence-electron chi connectivity index (χ3n) is 5.99. The highest BCUT2D eigenvalue weighted by molar-refractivity contribution is 6.29. The van der Waals surface area contributed by atoms with E-state index < -0.39 is 17.9 Å². The summed E-state index contributed by atoms with van der Waals surface area (Å²) < 4.78 is 28.8. The summed E-state index contributed by atoms with van der Waals surface area (Å²) in [5.41, 5.74) is 1.95. The molecule has 0 unspecified atom stereocenters. The fourth-order valence-corrected chi connectivity index (χ4v) is 4.33. The molecule has 1 aliphatic heterocycles. The summed E-state index contributed by atoms with van der Waals surface area (Å²) in [5.74, 6) is -3.57. The second-order valence-electron chi connectivity index (χ2n) is 8.58. The van der Waals surface area contributed by atoms with Gasteiger partial charge >= 0.3 is 5.97 Å². The summed E-state index contributed by atoms with van der Waals surface area (Å²) >= 11 is 5.85. The van der Waals surface area contributed by atoms with Crippen molar-refractivity contribution in [2.24, 2.45) is 0 Å². The summed E-state index contributed by atoms with van der Waals surface area (Å²) in [4.78, 5) is 35.2. The molecule has 1 aliphatic rings. The highest BCUT2D eigenvalue weighted by atomic mass is 35.5. The van der Waals surface area contributed by atoms with E-state index in [1.165, 1.54) is 16.5 Å². The normalized spacial score (nSPS) is 16.5. The minimum absolute atomic E-state index is 0.0528. The summed E-state index contributed by atoms with van der Waals surface area (Å²) in [6.45, 7) is 5.49. The summed E-state index contributed by atoms with van der Waals surface area (Å²) in [6.07, 6.45) is 1.08. The van der Waals surface area contributed by atoms with Gasteiger partial charge < -0.3 is 15.3 Å². The predicted octanol–water partition coefficient (Wildman–Crippen LogP) is 4.47. The van der Waals surface area contributed by atoms with Gasteiger partial charge in [0.2, 0.25) is 0 Å². The number of fused-ring (bicyclic) bond motifs is 1. The van der Waals surface area contributed by atoms with E-state index in [2.05, 4.69) is 10.3 Å². The van der Waals surface area contributed by atoms with E-state index in [9.17, 15) is 23.5 Å². The molecule has 4 heterocycles. The van der Waals surface area contributed by atoms with Gasteiger partial charge in [0.25, 0.3) is 11.5 Å². The second kappa shape index (κ2) is 8.83. The fourth-order valence-electron chi connectivity index (χ4n) is 4.18. The molecule has 34 heavy (non-hydrogen) atoms. The van der Waals surface area contributed by atoms with Gasteiger partial charge in [-0.25, -0.2) is 23.5 Å². The maximum absolute atomic E-state index is 13.7. The first kappa shape index (κ1) is 23.9. The average Bonchev–Trinajstić information content (AvgIpc) is 2.77. The van der Waals surface area contributed by atoms with E-state index in [0.717, 1.165) is 5.56 Å². The summed E-state index contributed by atoms with van der Waals surface area (Å²) in [5, 5.41) is 12.7. The van der Waals surface area contributed by atoms with E-state index in [1.807, 2.05) is 19.9 Å². The summed E-state index contributed by atoms with van der Waals surface area (Å²) in [7, 11) is 0. The number of pyridine rings is 2. The Bertz CT molecular complexity index is 1330. The number of hydrogen-bond donors (Lipinski definition) is 2. The van der Waals surface area contributed by atoms with Crippen LogP contribution in [-0.2, 0) is 0 Å². The lowest BCUT2D eigenvalue weighted by Gasteiger charge is -2.33. The van der Waals surface area contributed by atoms with E-state index in [0.29, 0.717) is 22.6 Å². The number of rotatable bonds is 5. The van der Waals surface area contributed by atoms with Crippen LogP contribution in [0.25, 0.3) is 5.65 Å². The van der Waals surface area contributed by atoms with Gasteiger partial charge in [0.15, 0.2) is 5.69 Å². The minimum atomic E-state index is -2.72. The number of alkyl halides is 2. The molecule has 180 valence electrons. The van der Waals surface area contributed by atoms with Crippen molar-refractivity contribution < 1.29 is 18.7 Å². The van der Waals surface area contributed by atoms with Crippen molar-refractivity contribution >= 4 is 34.7 Å². The molecule has 0 saturated carbocycles. The zero-order valence-corrected chi connectivity index (χ0v) is 19.7. The molecule has 0 aliphatic carbocycles. The van der Waals surface area contributed by atoms with E-state index in [-0.39, 0.29) is 48.0 Å². The lowest BCUT2D eigenvalue weighted by molar-refractivity contribution is -0.0221. The molecule has 11 heteroatoms. The average molecular weight is 492 g/mol. The van der Waals surface area contributed by atoms with Crippen LogP contribution in [0, 0.1) is 13.8 Å². The number of halogens is 3. The van der Waals surface area contributed by atoms with Crippen molar-refractivity contribution in [3.05, 3.63) is 62.3 Å². The van der Waals surface area contributed by atoms with Crippen molar-refractivity contribution in [3.63, 3.8) is 0 Å². The fraction of sp³-hybridized carbons (Fsp3) is 0.391. The van der Waals surface area contributed by atoms with Crippen LogP contribution in [0.5, 0.6) is 0 Å². The largest absolute Gasteiger partial charge is 0.476 e. The van der Waals surface area contributed by atoms with Crippen molar-refractivity contribution in [3.8, 4) is 0 Å². The van der Waals surface area contributed by atoms with Gasteiger partial charge in [0.05, 0.1) is 17.3 Å².